The van der Waals surface area contributed by atoms with Gasteiger partial charge in [-0.05, 0) is 31.5 Å². The highest BCUT2D eigenvalue weighted by Crippen LogP contribution is 2.19. The van der Waals surface area contributed by atoms with E-state index in [0.29, 0.717) is 6.54 Å². The largest absolute Gasteiger partial charge is 0.491 e. The Balaban J connectivity index is 2.00. The van der Waals surface area contributed by atoms with E-state index in [1.165, 1.54) is 6.33 Å². The fourth-order valence-electron chi connectivity index (χ4n) is 1.65. The summed E-state index contributed by atoms with van der Waals surface area (Å²) < 4.78 is 7.15. The van der Waals surface area contributed by atoms with Gasteiger partial charge in [0.15, 0.2) is 0 Å². The van der Waals surface area contributed by atoms with Gasteiger partial charge in [0.2, 0.25) is 0 Å². The Morgan fingerprint density at radius 1 is 1.28 bits per heavy atom. The molecule has 1 aromatic heterocycles. The van der Waals surface area contributed by atoms with Crippen molar-refractivity contribution >= 4 is 0 Å². The van der Waals surface area contributed by atoms with Gasteiger partial charge in [-0.15, -0.1) is 0 Å². The van der Waals surface area contributed by atoms with Gasteiger partial charge in [0.05, 0.1) is 18.8 Å². The van der Waals surface area contributed by atoms with Crippen LogP contribution in [0.3, 0.4) is 0 Å². The maximum Gasteiger partial charge on any atom is 0.137 e. The van der Waals surface area contributed by atoms with Gasteiger partial charge in [0.1, 0.15) is 18.4 Å². The van der Waals surface area contributed by atoms with E-state index >= 15 is 0 Å². The molecule has 96 valence electrons. The molecule has 5 heteroatoms. The van der Waals surface area contributed by atoms with Crippen LogP contribution in [0.1, 0.15) is 25.5 Å². The molecule has 0 radical (unpaired) electrons. The van der Waals surface area contributed by atoms with Crippen LogP contribution in [0.15, 0.2) is 36.9 Å². The normalized spacial score (nSPS) is 12.7. The zero-order valence-electron chi connectivity index (χ0n) is 10.5. The summed E-state index contributed by atoms with van der Waals surface area (Å²) in [5.41, 5.74) is 0.835. The van der Waals surface area contributed by atoms with Gasteiger partial charge in [0, 0.05) is 0 Å². The number of aliphatic hydroxyl groups excluding tert-OH is 1. The molecule has 0 saturated heterocycles. The quantitative estimate of drug-likeness (QED) is 0.875. The summed E-state index contributed by atoms with van der Waals surface area (Å²) in [7, 11) is 0. The highest BCUT2D eigenvalue weighted by atomic mass is 16.5. The molecule has 1 aromatic carbocycles. The smallest absolute Gasteiger partial charge is 0.137 e. The summed E-state index contributed by atoms with van der Waals surface area (Å²) in [4.78, 5) is 3.84. The average Bonchev–Trinajstić information content (AvgIpc) is 2.82. The summed E-state index contributed by atoms with van der Waals surface area (Å²) in [6, 6.07) is 7.44. The van der Waals surface area contributed by atoms with Crippen LogP contribution in [0.2, 0.25) is 0 Å². The fourth-order valence-corrected chi connectivity index (χ4v) is 1.65. The Labute approximate surface area is 106 Å². The molecule has 0 spiro atoms. The van der Waals surface area contributed by atoms with Gasteiger partial charge >= 0.3 is 0 Å². The van der Waals surface area contributed by atoms with Gasteiger partial charge in [-0.1, -0.05) is 12.1 Å². The number of rotatable bonds is 5. The van der Waals surface area contributed by atoms with Crippen LogP contribution in [0, 0.1) is 0 Å². The average molecular weight is 247 g/mol. The lowest BCUT2D eigenvalue weighted by molar-refractivity contribution is 0.151. The Hall–Kier alpha value is -1.88. The third-order valence-corrected chi connectivity index (χ3v) is 2.46. The van der Waals surface area contributed by atoms with Crippen molar-refractivity contribution in [3.8, 4) is 5.75 Å². The topological polar surface area (TPSA) is 60.2 Å². The van der Waals surface area contributed by atoms with Crippen molar-refractivity contribution in [1.29, 1.82) is 0 Å². The van der Waals surface area contributed by atoms with Crippen LogP contribution in [0.25, 0.3) is 0 Å². The minimum absolute atomic E-state index is 0.149. The van der Waals surface area contributed by atoms with Gasteiger partial charge in [-0.25, -0.2) is 4.98 Å². The third kappa shape index (κ3) is 3.30. The molecule has 0 amide bonds. The molecule has 0 saturated carbocycles. The van der Waals surface area contributed by atoms with E-state index in [0.717, 1.165) is 11.3 Å². The van der Waals surface area contributed by atoms with Crippen LogP contribution in [-0.2, 0) is 6.54 Å². The van der Waals surface area contributed by atoms with Crippen molar-refractivity contribution < 1.29 is 9.84 Å². The fraction of sp³-hybridized carbons (Fsp3) is 0.385. The Bertz CT molecular complexity index is 465. The first-order chi connectivity index (χ1) is 8.65. The van der Waals surface area contributed by atoms with E-state index < -0.39 is 6.10 Å². The highest BCUT2D eigenvalue weighted by Gasteiger charge is 2.09. The van der Waals surface area contributed by atoms with Gasteiger partial charge in [-0.2, -0.15) is 5.10 Å². The molecule has 0 aliphatic rings. The van der Waals surface area contributed by atoms with Crippen molar-refractivity contribution in [1.82, 2.24) is 14.8 Å². The van der Waals surface area contributed by atoms with Crippen molar-refractivity contribution in [2.24, 2.45) is 0 Å². The van der Waals surface area contributed by atoms with Gasteiger partial charge < -0.3 is 9.84 Å². The molecule has 0 aliphatic carbocycles. The molecular weight excluding hydrogens is 230 g/mol. The summed E-state index contributed by atoms with van der Waals surface area (Å²) >= 11 is 0. The maximum absolute atomic E-state index is 10.0. The van der Waals surface area contributed by atoms with Crippen molar-refractivity contribution in [2.75, 3.05) is 0 Å². The minimum Gasteiger partial charge on any atom is -0.491 e. The number of aromatic nitrogens is 3. The highest BCUT2D eigenvalue weighted by molar-refractivity contribution is 5.28. The lowest BCUT2D eigenvalue weighted by Crippen LogP contribution is -2.09. The Kier molecular flexibility index (Phi) is 3.94. The minimum atomic E-state index is -0.597. The molecule has 1 atom stereocenters. The lowest BCUT2D eigenvalue weighted by atomic mass is 10.1. The second-order valence-electron chi connectivity index (χ2n) is 4.37. The number of aliphatic hydroxyl groups is 1. The van der Waals surface area contributed by atoms with E-state index in [-0.39, 0.29) is 6.10 Å². The standard InChI is InChI=1S/C13H17N3O2/c1-10(2)18-12-5-3-11(4-6-12)13(17)7-16-9-14-8-15-16/h3-6,8-10,13,17H,7H2,1-2H3. The molecular formula is C13H17N3O2. The molecule has 2 aromatic rings. The number of ether oxygens (including phenoxy) is 1. The first kappa shape index (κ1) is 12.6. The van der Waals surface area contributed by atoms with Crippen LogP contribution in [0.5, 0.6) is 5.75 Å². The summed E-state index contributed by atoms with van der Waals surface area (Å²) in [5.74, 6) is 0.807. The predicted octanol–water partition coefficient (Wildman–Crippen LogP) is 1.80. The summed E-state index contributed by atoms with van der Waals surface area (Å²) in [5, 5.41) is 14.0. The Morgan fingerprint density at radius 3 is 2.56 bits per heavy atom. The zero-order chi connectivity index (χ0) is 13.0. The van der Waals surface area contributed by atoms with E-state index in [9.17, 15) is 5.11 Å². The summed E-state index contributed by atoms with van der Waals surface area (Å²) in [6.07, 6.45) is 2.59. The lowest BCUT2D eigenvalue weighted by Gasteiger charge is -2.13. The molecule has 0 aliphatic heterocycles. The second kappa shape index (κ2) is 5.64. The number of nitrogens with zero attached hydrogens (tertiary/aromatic N) is 3. The molecule has 1 N–H and O–H groups in total. The van der Waals surface area contributed by atoms with Crippen LogP contribution in [-0.4, -0.2) is 26.0 Å². The molecule has 1 unspecified atom stereocenters. The van der Waals surface area contributed by atoms with Crippen molar-refractivity contribution in [3.63, 3.8) is 0 Å². The third-order valence-electron chi connectivity index (χ3n) is 2.46. The van der Waals surface area contributed by atoms with Crippen LogP contribution >= 0.6 is 0 Å². The Morgan fingerprint density at radius 2 is 2.00 bits per heavy atom. The van der Waals surface area contributed by atoms with Gasteiger partial charge in [-0.3, -0.25) is 4.68 Å². The van der Waals surface area contributed by atoms with E-state index in [1.807, 2.05) is 38.1 Å². The predicted molar refractivity (Wildman–Crippen MR) is 67.2 cm³/mol. The SMILES string of the molecule is CC(C)Oc1ccc(C(O)Cn2cncn2)cc1. The first-order valence-corrected chi connectivity index (χ1v) is 5.92. The van der Waals surface area contributed by atoms with Gasteiger partial charge in [0.25, 0.3) is 0 Å². The van der Waals surface area contributed by atoms with Crippen molar-refractivity contribution in [2.45, 2.75) is 32.6 Å². The number of benzene rings is 1. The first-order valence-electron chi connectivity index (χ1n) is 5.92. The molecule has 18 heavy (non-hydrogen) atoms. The van der Waals surface area contributed by atoms with Crippen molar-refractivity contribution in [3.05, 3.63) is 42.5 Å². The van der Waals surface area contributed by atoms with Crippen LogP contribution < -0.4 is 4.74 Å². The number of hydrogen-bond donors (Lipinski definition) is 1. The monoisotopic (exact) mass is 247 g/mol. The van der Waals surface area contributed by atoms with E-state index in [4.69, 9.17) is 4.74 Å². The molecule has 1 heterocycles. The zero-order valence-corrected chi connectivity index (χ0v) is 10.5. The second-order valence-corrected chi connectivity index (χ2v) is 4.37. The molecule has 2 rings (SSSR count). The molecule has 0 bridgehead atoms. The van der Waals surface area contributed by atoms with Crippen LogP contribution in [0.4, 0.5) is 0 Å². The number of hydrogen-bond acceptors (Lipinski definition) is 4. The maximum atomic E-state index is 10.0. The van der Waals surface area contributed by atoms with E-state index in [2.05, 4.69) is 10.1 Å². The van der Waals surface area contributed by atoms with E-state index in [1.54, 1.807) is 11.0 Å². The molecule has 0 fully saturated rings. The summed E-state index contributed by atoms with van der Waals surface area (Å²) in [6.45, 7) is 4.35. The molecule has 5 nitrogen and oxygen atoms in total.